The third-order valence-corrected chi connectivity index (χ3v) is 5.68. The van der Waals surface area contributed by atoms with E-state index in [1.165, 1.54) is 0 Å². The second-order valence-corrected chi connectivity index (χ2v) is 8.02. The zero-order chi connectivity index (χ0) is 21.5. The highest BCUT2D eigenvalue weighted by Crippen LogP contribution is 2.28. The first-order chi connectivity index (χ1) is 15.2. The molecule has 0 atom stereocenters. The molecule has 0 aliphatic carbocycles. The summed E-state index contributed by atoms with van der Waals surface area (Å²) in [5.74, 6) is 1.19. The number of benzene rings is 2. The number of rotatable bonds is 6. The number of aromatic nitrogens is 2. The highest BCUT2D eigenvalue weighted by atomic mass is 35.5. The Hall–Kier alpha value is -3.12. The topological polar surface area (TPSA) is 58.6 Å². The Kier molecular flexibility index (Phi) is 6.99. The van der Waals surface area contributed by atoms with Crippen LogP contribution < -0.4 is 4.90 Å². The Morgan fingerprint density at radius 3 is 2.29 bits per heavy atom. The van der Waals surface area contributed by atoms with Gasteiger partial charge in [-0.1, -0.05) is 60.1 Å². The Morgan fingerprint density at radius 2 is 1.65 bits per heavy atom. The summed E-state index contributed by atoms with van der Waals surface area (Å²) in [6.07, 6.45) is 1.57. The van der Waals surface area contributed by atoms with Gasteiger partial charge in [0.2, 0.25) is 0 Å². The van der Waals surface area contributed by atoms with Crippen molar-refractivity contribution in [3.05, 3.63) is 83.5 Å². The van der Waals surface area contributed by atoms with Crippen LogP contribution in [0, 0.1) is 5.92 Å². The Bertz CT molecular complexity index is 962. The van der Waals surface area contributed by atoms with Crippen molar-refractivity contribution in [2.45, 2.75) is 19.4 Å². The lowest BCUT2D eigenvalue weighted by Crippen LogP contribution is -2.41. The monoisotopic (exact) mass is 436 g/mol. The molecule has 1 fully saturated rings. The van der Waals surface area contributed by atoms with Crippen LogP contribution in [0.3, 0.4) is 0 Å². The maximum atomic E-state index is 12.4. The predicted octanol–water partition coefficient (Wildman–Crippen LogP) is 5.32. The van der Waals surface area contributed by atoms with Crippen molar-refractivity contribution < 1.29 is 9.53 Å². The molecule has 160 valence electrons. The SMILES string of the molecule is O=C(OCc1ccccc1)N1CCC(CN(c2ccccc2)c2ccc(Cl)nn2)CC1. The minimum absolute atomic E-state index is 0.245. The standard InChI is InChI=1S/C24H25ClN4O2/c25-22-11-12-23(27-26-22)29(21-9-5-2-6-10-21)17-19-13-15-28(16-14-19)24(30)31-18-20-7-3-1-4-8-20/h1-12,19H,13-18H2. The van der Waals surface area contributed by atoms with Gasteiger partial charge in [0.25, 0.3) is 0 Å². The van der Waals surface area contributed by atoms with Gasteiger partial charge >= 0.3 is 6.09 Å². The van der Waals surface area contributed by atoms with E-state index < -0.39 is 0 Å². The van der Waals surface area contributed by atoms with E-state index in [1.54, 1.807) is 11.0 Å². The van der Waals surface area contributed by atoms with E-state index in [2.05, 4.69) is 27.2 Å². The first kappa shape index (κ1) is 21.1. The third kappa shape index (κ3) is 5.73. The van der Waals surface area contributed by atoms with E-state index in [9.17, 15) is 4.79 Å². The van der Waals surface area contributed by atoms with E-state index in [0.29, 0.717) is 30.8 Å². The van der Waals surface area contributed by atoms with Crippen LogP contribution in [0.15, 0.2) is 72.8 Å². The van der Waals surface area contributed by atoms with E-state index in [1.807, 2.05) is 54.6 Å². The summed E-state index contributed by atoms with van der Waals surface area (Å²) in [5, 5.41) is 8.65. The van der Waals surface area contributed by atoms with Crippen LogP contribution in [0.5, 0.6) is 0 Å². The van der Waals surface area contributed by atoms with Gasteiger partial charge < -0.3 is 14.5 Å². The largest absolute Gasteiger partial charge is 0.445 e. The van der Waals surface area contributed by atoms with Gasteiger partial charge in [-0.25, -0.2) is 4.79 Å². The summed E-state index contributed by atoms with van der Waals surface area (Å²) in [7, 11) is 0. The van der Waals surface area contributed by atoms with Crippen LogP contribution in [-0.4, -0.2) is 40.8 Å². The molecule has 1 saturated heterocycles. The highest BCUT2D eigenvalue weighted by molar-refractivity contribution is 6.29. The normalized spacial score (nSPS) is 14.3. The molecule has 2 aromatic carbocycles. The first-order valence-electron chi connectivity index (χ1n) is 10.5. The predicted molar refractivity (Wildman–Crippen MR) is 121 cm³/mol. The number of ether oxygens (including phenoxy) is 1. The van der Waals surface area contributed by atoms with Crippen LogP contribution in [0.4, 0.5) is 16.3 Å². The zero-order valence-electron chi connectivity index (χ0n) is 17.2. The zero-order valence-corrected chi connectivity index (χ0v) is 18.0. The number of carbonyl (C=O) groups is 1. The summed E-state index contributed by atoms with van der Waals surface area (Å²) in [6, 6.07) is 23.5. The molecule has 0 N–H and O–H groups in total. The average molecular weight is 437 g/mol. The van der Waals surface area contributed by atoms with Gasteiger partial charge in [0.05, 0.1) is 0 Å². The van der Waals surface area contributed by atoms with Crippen LogP contribution >= 0.6 is 11.6 Å². The van der Waals surface area contributed by atoms with Gasteiger partial charge in [0.15, 0.2) is 11.0 Å². The van der Waals surface area contributed by atoms with Crippen molar-refractivity contribution in [1.29, 1.82) is 0 Å². The summed E-state index contributed by atoms with van der Waals surface area (Å²) in [6.45, 7) is 2.48. The molecule has 7 heteroatoms. The number of carbonyl (C=O) groups excluding carboxylic acids is 1. The molecule has 2 heterocycles. The van der Waals surface area contributed by atoms with Gasteiger partial charge in [-0.15, -0.1) is 10.2 Å². The molecule has 0 unspecified atom stereocenters. The number of piperidine rings is 1. The number of amides is 1. The number of para-hydroxylation sites is 1. The molecule has 3 aromatic rings. The maximum absolute atomic E-state index is 12.4. The number of hydrogen-bond acceptors (Lipinski definition) is 5. The number of anilines is 2. The molecule has 4 rings (SSSR count). The van der Waals surface area contributed by atoms with Crippen LogP contribution in [0.25, 0.3) is 0 Å². The molecule has 0 bridgehead atoms. The van der Waals surface area contributed by atoms with Crippen molar-refractivity contribution in [2.24, 2.45) is 5.92 Å². The van der Waals surface area contributed by atoms with Crippen molar-refractivity contribution in [3.63, 3.8) is 0 Å². The highest BCUT2D eigenvalue weighted by Gasteiger charge is 2.26. The third-order valence-electron chi connectivity index (χ3n) is 5.48. The number of halogens is 1. The van der Waals surface area contributed by atoms with Crippen molar-refractivity contribution >= 4 is 29.2 Å². The van der Waals surface area contributed by atoms with Gasteiger partial charge in [0, 0.05) is 25.3 Å². The smallest absolute Gasteiger partial charge is 0.410 e. The lowest BCUT2D eigenvalue weighted by atomic mass is 9.96. The molecule has 0 spiro atoms. The molecule has 1 amide bonds. The second kappa shape index (κ2) is 10.3. The molecule has 1 aliphatic heterocycles. The summed E-state index contributed by atoms with van der Waals surface area (Å²) in [5.41, 5.74) is 2.05. The number of nitrogens with zero attached hydrogens (tertiary/aromatic N) is 4. The molecule has 0 radical (unpaired) electrons. The Labute approximate surface area is 187 Å². The molecule has 6 nitrogen and oxygen atoms in total. The van der Waals surface area contributed by atoms with Crippen molar-refractivity contribution in [2.75, 3.05) is 24.5 Å². The van der Waals surface area contributed by atoms with E-state index in [4.69, 9.17) is 16.3 Å². The van der Waals surface area contributed by atoms with E-state index >= 15 is 0 Å². The van der Waals surface area contributed by atoms with Gasteiger partial charge in [0.1, 0.15) is 6.61 Å². The van der Waals surface area contributed by atoms with Crippen molar-refractivity contribution in [1.82, 2.24) is 15.1 Å². The molecular formula is C24H25ClN4O2. The lowest BCUT2D eigenvalue weighted by Gasteiger charge is -2.34. The number of likely N-dealkylation sites (tertiary alicyclic amines) is 1. The fraction of sp³-hybridized carbons (Fsp3) is 0.292. The van der Waals surface area contributed by atoms with Crippen molar-refractivity contribution in [3.8, 4) is 0 Å². The van der Waals surface area contributed by atoms with E-state index in [-0.39, 0.29) is 6.09 Å². The van der Waals surface area contributed by atoms with Crippen LogP contribution in [-0.2, 0) is 11.3 Å². The number of hydrogen-bond donors (Lipinski definition) is 0. The summed E-state index contributed by atoms with van der Waals surface area (Å²) >= 11 is 5.92. The lowest BCUT2D eigenvalue weighted by molar-refractivity contribution is 0.0829. The fourth-order valence-electron chi connectivity index (χ4n) is 3.76. The summed E-state index contributed by atoms with van der Waals surface area (Å²) in [4.78, 5) is 16.4. The first-order valence-corrected chi connectivity index (χ1v) is 10.8. The Balaban J connectivity index is 1.34. The quantitative estimate of drug-likeness (QED) is 0.523. The summed E-state index contributed by atoms with van der Waals surface area (Å²) < 4.78 is 5.48. The van der Waals surface area contributed by atoms with Crippen LogP contribution in [0.1, 0.15) is 18.4 Å². The average Bonchev–Trinajstić information content (AvgIpc) is 2.83. The minimum atomic E-state index is -0.245. The fourth-order valence-corrected chi connectivity index (χ4v) is 3.86. The second-order valence-electron chi connectivity index (χ2n) is 7.63. The molecule has 1 aromatic heterocycles. The van der Waals surface area contributed by atoms with Gasteiger partial charge in [-0.3, -0.25) is 0 Å². The molecular weight excluding hydrogens is 412 g/mol. The van der Waals surface area contributed by atoms with Gasteiger partial charge in [-0.2, -0.15) is 0 Å². The van der Waals surface area contributed by atoms with E-state index in [0.717, 1.165) is 36.5 Å². The Morgan fingerprint density at radius 1 is 0.968 bits per heavy atom. The molecule has 31 heavy (non-hydrogen) atoms. The molecule has 1 aliphatic rings. The van der Waals surface area contributed by atoms with Gasteiger partial charge in [-0.05, 0) is 48.6 Å². The van der Waals surface area contributed by atoms with Crippen LogP contribution in [0.2, 0.25) is 5.15 Å². The molecule has 0 saturated carbocycles. The minimum Gasteiger partial charge on any atom is -0.445 e. The maximum Gasteiger partial charge on any atom is 0.410 e.